The van der Waals surface area contributed by atoms with E-state index in [-0.39, 0.29) is 6.03 Å². The summed E-state index contributed by atoms with van der Waals surface area (Å²) >= 11 is 0. The van der Waals surface area contributed by atoms with Gasteiger partial charge in [-0.05, 0) is 29.8 Å². The van der Waals surface area contributed by atoms with Crippen LogP contribution < -0.4 is 29.6 Å². The largest absolute Gasteiger partial charge is 0.495 e. The van der Waals surface area contributed by atoms with Crippen molar-refractivity contribution in [2.24, 2.45) is 0 Å². The number of rotatable bonds is 10. The fourth-order valence-electron chi connectivity index (χ4n) is 3.74. The van der Waals surface area contributed by atoms with Gasteiger partial charge in [-0.25, -0.2) is 9.78 Å². The standard InChI is InChI=1S/C25H27N5O6/c1-32-20-6-5-15(9-19(20)29-25(31)27-8-7-17-12-26-14-28-17)18-13-36-30-23(18)16-10-21(33-2)24(35-4)22(11-16)34-3/h5-6,9-14H,7-8H2,1-4H3,(H,26,28)(H2,27,29,31). The smallest absolute Gasteiger partial charge is 0.319 e. The Kier molecular flexibility index (Phi) is 7.59. The van der Waals surface area contributed by atoms with Gasteiger partial charge in [0.15, 0.2) is 11.5 Å². The van der Waals surface area contributed by atoms with Crippen LogP contribution >= 0.6 is 0 Å². The van der Waals surface area contributed by atoms with E-state index in [1.807, 2.05) is 6.07 Å². The average molecular weight is 494 g/mol. The predicted molar refractivity (Wildman–Crippen MR) is 133 cm³/mol. The monoisotopic (exact) mass is 493 g/mol. The van der Waals surface area contributed by atoms with Crippen molar-refractivity contribution in [3.63, 3.8) is 0 Å². The first kappa shape index (κ1) is 24.5. The predicted octanol–water partition coefficient (Wildman–Crippen LogP) is 4.13. The van der Waals surface area contributed by atoms with Gasteiger partial charge in [0.05, 0.1) is 40.5 Å². The molecule has 2 aromatic heterocycles. The van der Waals surface area contributed by atoms with Crippen LogP contribution in [0, 0.1) is 0 Å². The summed E-state index contributed by atoms with van der Waals surface area (Å²) in [6.07, 6.45) is 5.48. The molecule has 0 aliphatic carbocycles. The summed E-state index contributed by atoms with van der Waals surface area (Å²) in [5.41, 5.74) is 4.15. The molecule has 0 aliphatic rings. The lowest BCUT2D eigenvalue weighted by atomic mass is 10.0. The Bertz CT molecular complexity index is 1290. The maximum Gasteiger partial charge on any atom is 0.319 e. The van der Waals surface area contributed by atoms with Crippen LogP contribution in [0.25, 0.3) is 22.4 Å². The third-order valence-corrected chi connectivity index (χ3v) is 5.50. The maximum absolute atomic E-state index is 12.5. The number of nitrogens with one attached hydrogen (secondary N) is 3. The number of urea groups is 1. The zero-order valence-electron chi connectivity index (χ0n) is 20.4. The second-order valence-electron chi connectivity index (χ2n) is 7.61. The van der Waals surface area contributed by atoms with Gasteiger partial charge in [-0.15, -0.1) is 0 Å². The Labute approximate surface area is 207 Å². The number of aromatic nitrogens is 3. The van der Waals surface area contributed by atoms with Crippen LogP contribution in [0.5, 0.6) is 23.0 Å². The first-order chi connectivity index (χ1) is 17.6. The van der Waals surface area contributed by atoms with Crippen molar-refractivity contribution in [1.29, 1.82) is 0 Å². The lowest BCUT2D eigenvalue weighted by Crippen LogP contribution is -2.30. The van der Waals surface area contributed by atoms with E-state index < -0.39 is 0 Å². The fraction of sp³-hybridized carbons (Fsp3) is 0.240. The normalized spacial score (nSPS) is 10.6. The molecule has 0 saturated heterocycles. The van der Waals surface area contributed by atoms with Gasteiger partial charge in [0.1, 0.15) is 17.7 Å². The minimum Gasteiger partial charge on any atom is -0.495 e. The average Bonchev–Trinajstić information content (AvgIpc) is 3.60. The molecule has 2 amide bonds. The Balaban J connectivity index is 1.60. The molecule has 0 fully saturated rings. The molecule has 4 rings (SSSR count). The number of nitrogens with zero attached hydrogens (tertiary/aromatic N) is 2. The van der Waals surface area contributed by atoms with Gasteiger partial charge in [-0.3, -0.25) is 0 Å². The van der Waals surface area contributed by atoms with Gasteiger partial charge in [-0.1, -0.05) is 11.2 Å². The summed E-state index contributed by atoms with van der Waals surface area (Å²) < 4.78 is 27.1. The van der Waals surface area contributed by atoms with E-state index in [1.165, 1.54) is 13.4 Å². The highest BCUT2D eigenvalue weighted by Gasteiger charge is 2.20. The lowest BCUT2D eigenvalue weighted by molar-refractivity contribution is 0.252. The fourth-order valence-corrected chi connectivity index (χ4v) is 3.74. The molecule has 0 aliphatic heterocycles. The minimum atomic E-state index is -0.361. The van der Waals surface area contributed by atoms with E-state index in [2.05, 4.69) is 25.8 Å². The second-order valence-corrected chi connectivity index (χ2v) is 7.61. The summed E-state index contributed by atoms with van der Waals surface area (Å²) in [5, 5.41) is 9.87. The molecule has 0 saturated carbocycles. The Morgan fingerprint density at radius 3 is 2.36 bits per heavy atom. The molecule has 2 aromatic carbocycles. The molecule has 0 unspecified atom stereocenters. The first-order valence-corrected chi connectivity index (χ1v) is 11.0. The van der Waals surface area contributed by atoms with Crippen molar-refractivity contribution in [2.75, 3.05) is 40.3 Å². The van der Waals surface area contributed by atoms with E-state index in [9.17, 15) is 4.79 Å². The number of ether oxygens (including phenoxy) is 4. The van der Waals surface area contributed by atoms with Crippen molar-refractivity contribution in [2.45, 2.75) is 6.42 Å². The number of aromatic amines is 1. The zero-order valence-corrected chi connectivity index (χ0v) is 20.4. The molecule has 36 heavy (non-hydrogen) atoms. The second kappa shape index (κ2) is 11.2. The summed E-state index contributed by atoms with van der Waals surface area (Å²) in [4.78, 5) is 19.5. The number of benzene rings is 2. The van der Waals surface area contributed by atoms with Crippen LogP contribution in [-0.4, -0.2) is 56.1 Å². The number of imidazole rings is 1. The van der Waals surface area contributed by atoms with Crippen LogP contribution in [0.15, 0.2) is 53.6 Å². The van der Waals surface area contributed by atoms with Crippen molar-refractivity contribution in [1.82, 2.24) is 20.4 Å². The van der Waals surface area contributed by atoms with Crippen molar-refractivity contribution < 1.29 is 28.3 Å². The van der Waals surface area contributed by atoms with Crippen LogP contribution in [0.1, 0.15) is 5.69 Å². The lowest BCUT2D eigenvalue weighted by Gasteiger charge is -2.14. The quantitative estimate of drug-likeness (QED) is 0.300. The first-order valence-electron chi connectivity index (χ1n) is 11.0. The highest BCUT2D eigenvalue weighted by molar-refractivity contribution is 5.93. The van der Waals surface area contributed by atoms with Crippen LogP contribution in [0.4, 0.5) is 10.5 Å². The summed E-state index contributed by atoms with van der Waals surface area (Å²) in [5.74, 6) is 1.96. The van der Waals surface area contributed by atoms with E-state index in [4.69, 9.17) is 23.5 Å². The molecule has 11 nitrogen and oxygen atoms in total. The molecule has 0 radical (unpaired) electrons. The summed E-state index contributed by atoms with van der Waals surface area (Å²) in [6, 6.07) is 8.63. The number of carbonyl (C=O) groups excluding carboxylic acids is 1. The van der Waals surface area contributed by atoms with Crippen LogP contribution in [0.2, 0.25) is 0 Å². The third kappa shape index (κ3) is 5.19. The van der Waals surface area contributed by atoms with Gasteiger partial charge in [0.25, 0.3) is 0 Å². The number of carbonyl (C=O) groups is 1. The topological polar surface area (TPSA) is 133 Å². The number of H-pyrrole nitrogens is 1. The van der Waals surface area contributed by atoms with Gasteiger partial charge in [0, 0.05) is 36.0 Å². The molecule has 0 spiro atoms. The van der Waals surface area contributed by atoms with Crippen LogP contribution in [-0.2, 0) is 6.42 Å². The van der Waals surface area contributed by atoms with Crippen LogP contribution in [0.3, 0.4) is 0 Å². The van der Waals surface area contributed by atoms with Gasteiger partial charge >= 0.3 is 6.03 Å². The molecule has 11 heteroatoms. The Hall–Kier alpha value is -4.67. The zero-order chi connectivity index (χ0) is 25.5. The van der Waals surface area contributed by atoms with Crippen molar-refractivity contribution >= 4 is 11.7 Å². The molecule has 0 atom stereocenters. The number of hydrogen-bond acceptors (Lipinski definition) is 8. The van der Waals surface area contributed by atoms with Gasteiger partial charge < -0.3 is 39.1 Å². The van der Waals surface area contributed by atoms with E-state index >= 15 is 0 Å². The highest BCUT2D eigenvalue weighted by atomic mass is 16.5. The van der Waals surface area contributed by atoms with E-state index in [1.54, 1.807) is 58.1 Å². The summed E-state index contributed by atoms with van der Waals surface area (Å²) in [6.45, 7) is 0.437. The highest BCUT2D eigenvalue weighted by Crippen LogP contribution is 2.43. The molecule has 4 aromatic rings. The summed E-state index contributed by atoms with van der Waals surface area (Å²) in [7, 11) is 6.18. The number of anilines is 1. The molecule has 2 heterocycles. The molecular formula is C25H27N5O6. The minimum absolute atomic E-state index is 0.361. The van der Waals surface area contributed by atoms with Gasteiger partial charge in [-0.2, -0.15) is 0 Å². The molecular weight excluding hydrogens is 466 g/mol. The molecule has 3 N–H and O–H groups in total. The molecule has 188 valence electrons. The third-order valence-electron chi connectivity index (χ3n) is 5.50. The Morgan fingerprint density at radius 1 is 0.972 bits per heavy atom. The van der Waals surface area contributed by atoms with E-state index in [0.29, 0.717) is 58.5 Å². The molecule has 0 bridgehead atoms. The number of amides is 2. The van der Waals surface area contributed by atoms with E-state index in [0.717, 1.165) is 11.3 Å². The Morgan fingerprint density at radius 2 is 1.72 bits per heavy atom. The number of methoxy groups -OCH3 is 4. The number of hydrogen-bond donors (Lipinski definition) is 3. The SMILES string of the molecule is COc1ccc(-c2conc2-c2cc(OC)c(OC)c(OC)c2)cc1NC(=O)NCCc1cnc[nH]1. The van der Waals surface area contributed by atoms with Gasteiger partial charge in [0.2, 0.25) is 5.75 Å². The van der Waals surface area contributed by atoms with Crippen molar-refractivity contribution in [3.05, 3.63) is 54.8 Å². The van der Waals surface area contributed by atoms with Crippen molar-refractivity contribution in [3.8, 4) is 45.4 Å². The maximum atomic E-state index is 12.5.